The Kier molecular flexibility index (Phi) is 5.16. The van der Waals surface area contributed by atoms with Gasteiger partial charge in [0.2, 0.25) is 0 Å². The van der Waals surface area contributed by atoms with E-state index in [1.54, 1.807) is 19.2 Å². The number of ether oxygens (including phenoxy) is 1. The molecular weight excluding hydrogens is 243 g/mol. The van der Waals surface area contributed by atoms with Crippen molar-refractivity contribution < 1.29 is 9.13 Å². The van der Waals surface area contributed by atoms with Crippen molar-refractivity contribution in [3.8, 4) is 0 Å². The van der Waals surface area contributed by atoms with Gasteiger partial charge >= 0.3 is 0 Å². The average molecular weight is 266 g/mol. The summed E-state index contributed by atoms with van der Waals surface area (Å²) in [6, 6.07) is 5.32. The van der Waals surface area contributed by atoms with Crippen molar-refractivity contribution in [1.29, 1.82) is 0 Å². The Morgan fingerprint density at radius 2 is 2.32 bits per heavy atom. The lowest BCUT2D eigenvalue weighted by Crippen LogP contribution is -2.38. The first-order valence-electron chi connectivity index (χ1n) is 6.92. The van der Waals surface area contributed by atoms with Crippen LogP contribution in [0, 0.1) is 11.7 Å². The van der Waals surface area contributed by atoms with Gasteiger partial charge in [0.25, 0.3) is 0 Å². The summed E-state index contributed by atoms with van der Waals surface area (Å²) < 4.78 is 19.4. The molecule has 0 amide bonds. The van der Waals surface area contributed by atoms with Gasteiger partial charge in [-0.05, 0) is 37.4 Å². The normalized spacial score (nSPS) is 19.7. The molecule has 4 heteroatoms. The Morgan fingerprint density at radius 1 is 1.47 bits per heavy atom. The van der Waals surface area contributed by atoms with Gasteiger partial charge < -0.3 is 15.0 Å². The number of benzene rings is 1. The van der Waals surface area contributed by atoms with Crippen LogP contribution in [-0.4, -0.2) is 33.9 Å². The average Bonchev–Trinajstić information content (AvgIpc) is 2.40. The maximum atomic E-state index is 14.2. The molecule has 1 aliphatic rings. The molecule has 0 bridgehead atoms. The van der Waals surface area contributed by atoms with E-state index in [2.05, 4.69) is 10.2 Å². The molecule has 1 aromatic rings. The summed E-state index contributed by atoms with van der Waals surface area (Å²) >= 11 is 0. The van der Waals surface area contributed by atoms with Crippen molar-refractivity contribution in [3.63, 3.8) is 0 Å². The minimum atomic E-state index is -0.120. The zero-order valence-corrected chi connectivity index (χ0v) is 11.8. The van der Waals surface area contributed by atoms with E-state index in [9.17, 15) is 4.39 Å². The number of nitrogens with zero attached hydrogens (tertiary/aromatic N) is 1. The molecule has 0 aromatic heterocycles. The zero-order chi connectivity index (χ0) is 13.7. The summed E-state index contributed by atoms with van der Waals surface area (Å²) in [6.45, 7) is 3.26. The number of methoxy groups -OCH3 is 1. The highest BCUT2D eigenvalue weighted by Crippen LogP contribution is 2.29. The Hall–Kier alpha value is -1.13. The van der Waals surface area contributed by atoms with Crippen molar-refractivity contribution in [2.45, 2.75) is 19.4 Å². The van der Waals surface area contributed by atoms with Gasteiger partial charge in [-0.15, -0.1) is 0 Å². The van der Waals surface area contributed by atoms with Gasteiger partial charge in [0.1, 0.15) is 5.82 Å². The summed E-state index contributed by atoms with van der Waals surface area (Å²) in [5, 5.41) is 3.11. The highest BCUT2D eigenvalue weighted by Gasteiger charge is 2.23. The standard InChI is InChI=1S/C15H23FN2O/c1-17-9-13-6-3-7-14(16)15(13)18-8-4-5-12(10-18)11-19-2/h3,6-7,12,17H,4-5,8-11H2,1-2H3. The van der Waals surface area contributed by atoms with Crippen LogP contribution in [0.2, 0.25) is 0 Å². The third-order valence-corrected chi connectivity index (χ3v) is 3.68. The van der Waals surface area contributed by atoms with Gasteiger partial charge in [-0.1, -0.05) is 12.1 Å². The molecule has 1 atom stereocenters. The molecule has 1 unspecified atom stereocenters. The molecule has 2 rings (SSSR count). The first kappa shape index (κ1) is 14.3. The largest absolute Gasteiger partial charge is 0.384 e. The summed E-state index contributed by atoms with van der Waals surface area (Å²) in [5.41, 5.74) is 1.79. The van der Waals surface area contributed by atoms with Crippen molar-refractivity contribution >= 4 is 5.69 Å². The molecule has 1 heterocycles. The number of hydrogen-bond donors (Lipinski definition) is 1. The predicted molar refractivity (Wildman–Crippen MR) is 76.0 cm³/mol. The number of rotatable bonds is 5. The number of para-hydroxylation sites is 1. The van der Waals surface area contributed by atoms with Crippen LogP contribution >= 0.6 is 0 Å². The highest BCUT2D eigenvalue weighted by atomic mass is 19.1. The molecule has 0 aliphatic carbocycles. The summed E-state index contributed by atoms with van der Waals surface area (Å²) in [7, 11) is 3.62. The van der Waals surface area contributed by atoms with E-state index in [4.69, 9.17) is 4.74 Å². The minimum absolute atomic E-state index is 0.120. The lowest BCUT2D eigenvalue weighted by atomic mass is 9.97. The van der Waals surface area contributed by atoms with Crippen LogP contribution in [0.25, 0.3) is 0 Å². The minimum Gasteiger partial charge on any atom is -0.384 e. The summed E-state index contributed by atoms with van der Waals surface area (Å²) in [4.78, 5) is 2.18. The van der Waals surface area contributed by atoms with E-state index in [1.165, 1.54) is 6.42 Å². The van der Waals surface area contributed by atoms with Crippen LogP contribution in [0.5, 0.6) is 0 Å². The van der Waals surface area contributed by atoms with Crippen molar-refractivity contribution in [2.75, 3.05) is 38.8 Å². The summed E-state index contributed by atoms with van der Waals surface area (Å²) in [6.07, 6.45) is 2.27. The second-order valence-corrected chi connectivity index (χ2v) is 5.19. The molecule has 0 spiro atoms. The van der Waals surface area contributed by atoms with Gasteiger partial charge in [-0.25, -0.2) is 4.39 Å². The maximum Gasteiger partial charge on any atom is 0.146 e. The first-order chi connectivity index (χ1) is 9.26. The van der Waals surface area contributed by atoms with Gasteiger partial charge in [0.05, 0.1) is 12.3 Å². The highest BCUT2D eigenvalue weighted by molar-refractivity contribution is 5.55. The molecule has 106 valence electrons. The van der Waals surface area contributed by atoms with Gasteiger partial charge in [0, 0.05) is 26.7 Å². The fourth-order valence-corrected chi connectivity index (χ4v) is 2.89. The molecule has 19 heavy (non-hydrogen) atoms. The van der Waals surface area contributed by atoms with Crippen LogP contribution in [0.15, 0.2) is 18.2 Å². The molecule has 1 aromatic carbocycles. The molecule has 3 nitrogen and oxygen atoms in total. The van der Waals surface area contributed by atoms with Gasteiger partial charge in [-0.3, -0.25) is 0 Å². The predicted octanol–water partition coefficient (Wildman–Crippen LogP) is 2.41. The molecular formula is C15H23FN2O. The van der Waals surface area contributed by atoms with Gasteiger partial charge in [-0.2, -0.15) is 0 Å². The van der Waals surface area contributed by atoms with Crippen molar-refractivity contribution in [1.82, 2.24) is 5.32 Å². The molecule has 0 saturated carbocycles. The molecule has 1 saturated heterocycles. The van der Waals surface area contributed by atoms with Crippen LogP contribution in [0.4, 0.5) is 10.1 Å². The third kappa shape index (κ3) is 3.45. The van der Waals surface area contributed by atoms with Crippen LogP contribution in [-0.2, 0) is 11.3 Å². The van der Waals surface area contributed by atoms with Crippen molar-refractivity contribution in [3.05, 3.63) is 29.6 Å². The Morgan fingerprint density at radius 3 is 3.05 bits per heavy atom. The van der Waals surface area contributed by atoms with E-state index in [1.807, 2.05) is 13.1 Å². The van der Waals surface area contributed by atoms with Crippen molar-refractivity contribution in [2.24, 2.45) is 5.92 Å². The number of halogens is 1. The van der Waals surface area contributed by atoms with Crippen LogP contribution in [0.3, 0.4) is 0 Å². The topological polar surface area (TPSA) is 24.5 Å². The van der Waals surface area contributed by atoms with Crippen LogP contribution in [0.1, 0.15) is 18.4 Å². The smallest absolute Gasteiger partial charge is 0.146 e. The van der Waals surface area contributed by atoms with E-state index in [0.29, 0.717) is 12.5 Å². The lowest BCUT2D eigenvalue weighted by molar-refractivity contribution is 0.143. The number of hydrogen-bond acceptors (Lipinski definition) is 3. The monoisotopic (exact) mass is 266 g/mol. The Balaban J connectivity index is 2.20. The SMILES string of the molecule is CNCc1cccc(F)c1N1CCCC(COC)C1. The molecule has 1 fully saturated rings. The fourth-order valence-electron chi connectivity index (χ4n) is 2.89. The quantitative estimate of drug-likeness (QED) is 0.885. The lowest BCUT2D eigenvalue weighted by Gasteiger charge is -2.35. The van der Waals surface area contributed by atoms with E-state index >= 15 is 0 Å². The van der Waals surface area contributed by atoms with E-state index in [-0.39, 0.29) is 5.82 Å². The fraction of sp³-hybridized carbons (Fsp3) is 0.600. The number of nitrogens with one attached hydrogen (secondary N) is 1. The second kappa shape index (κ2) is 6.87. The zero-order valence-electron chi connectivity index (χ0n) is 11.8. The third-order valence-electron chi connectivity index (χ3n) is 3.68. The Bertz CT molecular complexity index is 409. The number of anilines is 1. The molecule has 0 radical (unpaired) electrons. The summed E-state index contributed by atoms with van der Waals surface area (Å²) in [5.74, 6) is 0.381. The molecule has 1 N–H and O–H groups in total. The number of piperidine rings is 1. The van der Waals surface area contributed by atoms with E-state index < -0.39 is 0 Å². The first-order valence-corrected chi connectivity index (χ1v) is 6.92. The van der Waals surface area contributed by atoms with Gasteiger partial charge in [0.15, 0.2) is 0 Å². The maximum absolute atomic E-state index is 14.2. The molecule has 1 aliphatic heterocycles. The van der Waals surface area contributed by atoms with E-state index in [0.717, 1.165) is 37.4 Å². The Labute approximate surface area is 114 Å². The van der Waals surface area contributed by atoms with Crippen LogP contribution < -0.4 is 10.2 Å². The second-order valence-electron chi connectivity index (χ2n) is 5.19.